The number of benzene rings is 8. The highest BCUT2D eigenvalue weighted by Gasteiger charge is 2.15. The van der Waals surface area contributed by atoms with Crippen LogP contribution in [0.15, 0.2) is 170 Å². The Hall–Kier alpha value is -8.74. The lowest BCUT2D eigenvalue weighted by Crippen LogP contribution is -2.11. The van der Waals surface area contributed by atoms with Crippen LogP contribution in [-0.4, -0.2) is 57.7 Å². The Bertz CT molecular complexity index is 3470. The van der Waals surface area contributed by atoms with E-state index in [2.05, 4.69) is 41.3 Å². The van der Waals surface area contributed by atoms with Crippen LogP contribution in [-0.2, 0) is 10.1 Å². The molecular weight excluding hydrogens is 937 g/mol. The molecule has 8 rings (SSSR count). The number of carbonyl (C=O) groups excluding carboxylic acids is 1. The molecule has 0 atom stereocenters. The van der Waals surface area contributed by atoms with Crippen LogP contribution in [0.25, 0.3) is 21.5 Å². The molecule has 366 valence electrons. The van der Waals surface area contributed by atoms with Crippen molar-refractivity contribution in [2.75, 3.05) is 44.3 Å². The van der Waals surface area contributed by atoms with Gasteiger partial charge in [0.25, 0.3) is 16.0 Å². The van der Waals surface area contributed by atoms with E-state index in [0.29, 0.717) is 68.7 Å². The van der Waals surface area contributed by atoms with Crippen LogP contribution in [0.2, 0.25) is 0 Å². The molecule has 0 spiro atoms. The van der Waals surface area contributed by atoms with Crippen molar-refractivity contribution in [3.63, 3.8) is 0 Å². The second-order valence-corrected chi connectivity index (χ2v) is 18.1. The number of azo groups is 3. The highest BCUT2D eigenvalue weighted by atomic mass is 32.2. The van der Waals surface area contributed by atoms with Crippen LogP contribution in [0.4, 0.5) is 51.2 Å². The quantitative estimate of drug-likeness (QED) is 0.0340. The summed E-state index contributed by atoms with van der Waals surface area (Å²) in [7, 11) is 0.623. The summed E-state index contributed by atoms with van der Waals surface area (Å²) in [5.74, 6) is 1.43. The third-order valence-corrected chi connectivity index (χ3v) is 12.2. The molecule has 72 heavy (non-hydrogen) atoms. The number of hydrogen-bond donors (Lipinski definition) is 4. The van der Waals surface area contributed by atoms with E-state index < -0.39 is 10.1 Å². The predicted molar refractivity (Wildman–Crippen MR) is 279 cm³/mol. The van der Waals surface area contributed by atoms with Crippen molar-refractivity contribution in [2.24, 2.45) is 30.7 Å². The SMILES string of the molecule is COc1ccc(Nc2ccc3c(O)c(N=Nc4cc(OC)c(N=Nc5cc(C)c(N=Nc6ccc(C(=O)Nc7ccc8cccc(OCCCCS(=O)(=O)O)c8c7)cc6)c(C)c5)cc4OC)ccc3c2)cc1. The molecule has 0 unspecified atom stereocenters. The summed E-state index contributed by atoms with van der Waals surface area (Å²) >= 11 is 0. The summed E-state index contributed by atoms with van der Waals surface area (Å²) < 4.78 is 53.5. The number of phenolic OH excluding ortho intramolecular Hbond substituents is 1. The minimum Gasteiger partial charge on any atom is -0.505 e. The summed E-state index contributed by atoms with van der Waals surface area (Å²) in [5, 5.41) is 47.3. The number of nitrogens with one attached hydrogen (secondary N) is 2. The molecule has 0 radical (unpaired) electrons. The molecule has 0 saturated carbocycles. The highest BCUT2D eigenvalue weighted by molar-refractivity contribution is 7.85. The largest absolute Gasteiger partial charge is 0.505 e. The van der Waals surface area contributed by atoms with Crippen molar-refractivity contribution in [3.05, 3.63) is 156 Å². The molecule has 0 aliphatic carbocycles. The molecule has 0 bridgehead atoms. The van der Waals surface area contributed by atoms with Gasteiger partial charge in [0.05, 0.1) is 50.8 Å². The third-order valence-electron chi connectivity index (χ3n) is 11.4. The first-order valence-corrected chi connectivity index (χ1v) is 24.2. The molecule has 8 aromatic rings. The summed E-state index contributed by atoms with van der Waals surface area (Å²) in [6.45, 7) is 4.07. The first-order chi connectivity index (χ1) is 34.8. The maximum Gasteiger partial charge on any atom is 0.264 e. The highest BCUT2D eigenvalue weighted by Crippen LogP contribution is 2.43. The molecular formula is C54H50N8O9S. The maximum absolute atomic E-state index is 13.3. The average molecular weight is 987 g/mol. The normalized spacial score (nSPS) is 11.8. The van der Waals surface area contributed by atoms with Crippen LogP contribution >= 0.6 is 0 Å². The Balaban J connectivity index is 0.898. The van der Waals surface area contributed by atoms with Gasteiger partial charge in [-0.3, -0.25) is 9.35 Å². The van der Waals surface area contributed by atoms with Crippen molar-refractivity contribution >= 4 is 88.8 Å². The van der Waals surface area contributed by atoms with Crippen LogP contribution in [0.3, 0.4) is 0 Å². The van der Waals surface area contributed by atoms with Gasteiger partial charge in [-0.1, -0.05) is 24.3 Å². The van der Waals surface area contributed by atoms with Gasteiger partial charge < -0.3 is 34.7 Å². The minimum atomic E-state index is -4.02. The van der Waals surface area contributed by atoms with E-state index >= 15 is 0 Å². The van der Waals surface area contributed by atoms with Crippen LogP contribution < -0.4 is 29.6 Å². The number of rotatable bonds is 19. The van der Waals surface area contributed by atoms with Crippen LogP contribution in [0.5, 0.6) is 28.7 Å². The molecule has 0 heterocycles. The monoisotopic (exact) mass is 986 g/mol. The molecule has 17 nitrogen and oxygen atoms in total. The van der Waals surface area contributed by atoms with E-state index in [-0.39, 0.29) is 36.1 Å². The lowest BCUT2D eigenvalue weighted by atomic mass is 10.1. The average Bonchev–Trinajstić information content (AvgIpc) is 3.37. The molecule has 8 aromatic carbocycles. The van der Waals surface area contributed by atoms with Gasteiger partial charge in [-0.25, -0.2) is 0 Å². The van der Waals surface area contributed by atoms with Gasteiger partial charge in [0.15, 0.2) is 5.75 Å². The standard InChI is InChI=1S/C54H50N8O9S/c1-33-27-42(28-34(2)52(33)62-57-39-15-12-36(13-16-39)54(64)56-41-17-11-35-9-8-10-49(45(35)30-41)71-25-6-7-26-72(65,66)67)58-60-47-31-51(70-5)48(32-50(47)69-4)61-59-46-24-14-37-29-40(20-23-44(37)53(46)63)55-38-18-21-43(68-3)22-19-38/h8-24,27-32,55,63H,6-7,25-26H2,1-5H3,(H,56,64)(H,65,66,67). The Morgan fingerprint density at radius 2 is 1.21 bits per heavy atom. The van der Waals surface area contributed by atoms with E-state index in [1.807, 2.05) is 98.8 Å². The second-order valence-electron chi connectivity index (χ2n) is 16.5. The first kappa shape index (κ1) is 49.7. The Kier molecular flexibility index (Phi) is 15.4. The molecule has 0 fully saturated rings. The summed E-state index contributed by atoms with van der Waals surface area (Å²) in [4.78, 5) is 13.3. The minimum absolute atomic E-state index is 0.0189. The van der Waals surface area contributed by atoms with Gasteiger partial charge in [-0.15, -0.1) is 15.3 Å². The molecule has 4 N–H and O–H groups in total. The number of methoxy groups -OCH3 is 3. The maximum atomic E-state index is 13.3. The molecule has 0 aromatic heterocycles. The third kappa shape index (κ3) is 12.3. The number of carbonyl (C=O) groups is 1. The fraction of sp³-hybridized carbons (Fsp3) is 0.167. The number of phenols is 1. The summed E-state index contributed by atoms with van der Waals surface area (Å²) in [6.07, 6.45) is 0.714. The van der Waals surface area contributed by atoms with Crippen molar-refractivity contribution < 1.29 is 41.8 Å². The van der Waals surface area contributed by atoms with E-state index in [1.54, 1.807) is 61.7 Å². The molecule has 0 aliphatic rings. The number of aromatic hydroxyl groups is 1. The first-order valence-electron chi connectivity index (χ1n) is 22.6. The zero-order chi connectivity index (χ0) is 50.8. The summed E-state index contributed by atoms with van der Waals surface area (Å²) in [5.41, 5.74) is 7.14. The zero-order valence-corrected chi connectivity index (χ0v) is 40.8. The smallest absolute Gasteiger partial charge is 0.264 e. The van der Waals surface area contributed by atoms with E-state index in [9.17, 15) is 18.3 Å². The van der Waals surface area contributed by atoms with Crippen molar-refractivity contribution in [3.8, 4) is 28.7 Å². The molecule has 1 amide bonds. The summed E-state index contributed by atoms with van der Waals surface area (Å²) in [6, 6.07) is 41.6. The van der Waals surface area contributed by atoms with E-state index in [1.165, 1.54) is 14.2 Å². The van der Waals surface area contributed by atoms with Crippen LogP contribution in [0, 0.1) is 13.8 Å². The number of amides is 1. The Morgan fingerprint density at radius 1 is 0.569 bits per heavy atom. The fourth-order valence-electron chi connectivity index (χ4n) is 7.70. The van der Waals surface area contributed by atoms with E-state index in [0.717, 1.165) is 44.4 Å². The second kappa shape index (κ2) is 22.3. The topological polar surface area (TPSA) is 227 Å². The van der Waals surface area contributed by atoms with Crippen LogP contribution in [0.1, 0.15) is 34.3 Å². The van der Waals surface area contributed by atoms with Gasteiger partial charge in [0, 0.05) is 45.5 Å². The number of ether oxygens (including phenoxy) is 4. The lowest BCUT2D eigenvalue weighted by molar-refractivity contribution is 0.102. The van der Waals surface area contributed by atoms with E-state index in [4.69, 9.17) is 23.5 Å². The number of unbranched alkanes of at least 4 members (excludes halogenated alkanes) is 1. The molecule has 0 aliphatic heterocycles. The fourth-order valence-corrected chi connectivity index (χ4v) is 8.27. The molecule has 18 heteroatoms. The van der Waals surface area contributed by atoms with Gasteiger partial charge >= 0.3 is 0 Å². The number of hydrogen-bond acceptors (Lipinski definition) is 15. The zero-order valence-electron chi connectivity index (χ0n) is 40.0. The number of anilines is 3. The Labute approximate surface area is 415 Å². The molecule has 0 saturated heterocycles. The van der Waals surface area contributed by atoms with Gasteiger partial charge in [-0.05, 0) is 152 Å². The predicted octanol–water partition coefficient (Wildman–Crippen LogP) is 14.6. The number of fused-ring (bicyclic) bond motifs is 2. The van der Waals surface area contributed by atoms with Crippen molar-refractivity contribution in [2.45, 2.75) is 26.7 Å². The van der Waals surface area contributed by atoms with Crippen molar-refractivity contribution in [1.29, 1.82) is 0 Å². The van der Waals surface area contributed by atoms with Gasteiger partial charge in [0.2, 0.25) is 0 Å². The van der Waals surface area contributed by atoms with Gasteiger partial charge in [0.1, 0.15) is 40.1 Å². The lowest BCUT2D eigenvalue weighted by Gasteiger charge is -2.11. The number of aryl methyl sites for hydroxylation is 2. The Morgan fingerprint density at radius 3 is 1.89 bits per heavy atom. The number of nitrogens with zero attached hydrogens (tertiary/aromatic N) is 6. The van der Waals surface area contributed by atoms with Gasteiger partial charge in [-0.2, -0.15) is 23.8 Å². The van der Waals surface area contributed by atoms with Crippen molar-refractivity contribution in [1.82, 2.24) is 0 Å².